The van der Waals surface area contributed by atoms with Gasteiger partial charge in [0.25, 0.3) is 0 Å². The normalized spacial score (nSPS) is 24.0. The highest BCUT2D eigenvalue weighted by atomic mass is 16.5. The van der Waals surface area contributed by atoms with E-state index in [2.05, 4.69) is 15.3 Å². The molecule has 7 nitrogen and oxygen atoms in total. The Morgan fingerprint density at radius 1 is 1.46 bits per heavy atom. The fraction of sp³-hybridized carbons (Fsp3) is 0.526. The van der Waals surface area contributed by atoms with Gasteiger partial charge in [-0.3, -0.25) is 9.78 Å². The van der Waals surface area contributed by atoms with Crippen molar-refractivity contribution in [3.63, 3.8) is 0 Å². The van der Waals surface area contributed by atoms with Crippen LogP contribution in [0.2, 0.25) is 0 Å². The van der Waals surface area contributed by atoms with Crippen LogP contribution in [0.5, 0.6) is 5.75 Å². The molecule has 1 amide bonds. The third-order valence-corrected chi connectivity index (χ3v) is 5.16. The number of nitrogens with zero attached hydrogens (tertiary/aromatic N) is 3. The zero-order valence-electron chi connectivity index (χ0n) is 14.9. The molecule has 0 spiro atoms. The summed E-state index contributed by atoms with van der Waals surface area (Å²) in [7, 11) is 0. The standard InChI is InChI=1S/C19H24N4O3/c1-14-2-3-15(10-21-14)26-17-4-9-25-11-16(17)22-18(24)19(5-6-19)12-23-8-7-20-13-23/h2-3,7-8,10,13,16-17H,4-6,9,11-12H2,1H3,(H,22,24)/t16-,17+/m1/s1. The molecule has 0 radical (unpaired) electrons. The van der Waals surface area contributed by atoms with Gasteiger partial charge in [0.15, 0.2) is 0 Å². The summed E-state index contributed by atoms with van der Waals surface area (Å²) < 4.78 is 13.6. The molecule has 138 valence electrons. The molecular weight excluding hydrogens is 332 g/mol. The van der Waals surface area contributed by atoms with Crippen LogP contribution in [0.3, 0.4) is 0 Å². The van der Waals surface area contributed by atoms with Gasteiger partial charge in [0, 0.05) is 31.1 Å². The van der Waals surface area contributed by atoms with Crippen molar-refractivity contribution in [3.8, 4) is 5.75 Å². The van der Waals surface area contributed by atoms with Gasteiger partial charge in [0.05, 0.1) is 37.2 Å². The van der Waals surface area contributed by atoms with Crippen LogP contribution in [-0.2, 0) is 16.1 Å². The summed E-state index contributed by atoms with van der Waals surface area (Å²) in [6.45, 7) is 3.71. The lowest BCUT2D eigenvalue weighted by Gasteiger charge is -2.33. The SMILES string of the molecule is Cc1ccc(O[C@H]2CCOC[C@H]2NC(=O)C2(Cn3ccnc3)CC2)cn1. The molecule has 3 heterocycles. The van der Waals surface area contributed by atoms with E-state index in [1.165, 1.54) is 0 Å². The summed E-state index contributed by atoms with van der Waals surface area (Å²) in [5.74, 6) is 0.804. The maximum absolute atomic E-state index is 12.9. The van der Waals surface area contributed by atoms with Crippen LogP contribution in [0.1, 0.15) is 25.0 Å². The van der Waals surface area contributed by atoms with E-state index in [0.717, 1.165) is 30.7 Å². The van der Waals surface area contributed by atoms with E-state index in [9.17, 15) is 4.79 Å². The molecule has 2 aliphatic rings. The predicted octanol–water partition coefficient (Wildman–Crippen LogP) is 1.72. The number of ether oxygens (including phenoxy) is 2. The highest BCUT2D eigenvalue weighted by Crippen LogP contribution is 2.47. The second kappa shape index (κ2) is 7.07. The van der Waals surface area contributed by atoms with Gasteiger partial charge < -0.3 is 19.4 Å². The molecule has 26 heavy (non-hydrogen) atoms. The first kappa shape index (κ1) is 17.0. The van der Waals surface area contributed by atoms with Crippen LogP contribution in [0.4, 0.5) is 0 Å². The molecule has 2 atom stereocenters. The molecule has 0 unspecified atom stereocenters. The van der Waals surface area contributed by atoms with Gasteiger partial charge >= 0.3 is 0 Å². The summed E-state index contributed by atoms with van der Waals surface area (Å²) in [5.41, 5.74) is 0.623. The van der Waals surface area contributed by atoms with E-state index in [1.807, 2.05) is 29.8 Å². The number of amides is 1. The molecule has 0 aromatic carbocycles. The Morgan fingerprint density at radius 2 is 2.35 bits per heavy atom. The van der Waals surface area contributed by atoms with Crippen molar-refractivity contribution >= 4 is 5.91 Å². The van der Waals surface area contributed by atoms with Gasteiger partial charge in [-0.2, -0.15) is 0 Å². The van der Waals surface area contributed by atoms with Gasteiger partial charge in [0.1, 0.15) is 11.9 Å². The first-order valence-electron chi connectivity index (χ1n) is 9.08. The fourth-order valence-corrected chi connectivity index (χ4v) is 3.35. The molecule has 7 heteroatoms. The van der Waals surface area contributed by atoms with Crippen molar-refractivity contribution < 1.29 is 14.3 Å². The van der Waals surface area contributed by atoms with Crippen molar-refractivity contribution in [2.75, 3.05) is 13.2 Å². The van der Waals surface area contributed by atoms with Crippen molar-refractivity contribution in [2.45, 2.75) is 44.9 Å². The molecule has 2 fully saturated rings. The molecule has 1 saturated carbocycles. The molecule has 2 aromatic heterocycles. The lowest BCUT2D eigenvalue weighted by Crippen LogP contribution is -2.53. The third-order valence-electron chi connectivity index (χ3n) is 5.16. The number of carbonyl (C=O) groups is 1. The van der Waals surface area contributed by atoms with Crippen LogP contribution in [0, 0.1) is 12.3 Å². The Balaban J connectivity index is 1.40. The Bertz CT molecular complexity index is 741. The molecule has 1 N–H and O–H groups in total. The number of carbonyl (C=O) groups excluding carboxylic acids is 1. The van der Waals surface area contributed by atoms with Crippen molar-refractivity contribution in [3.05, 3.63) is 42.7 Å². The number of aryl methyl sites for hydroxylation is 1. The topological polar surface area (TPSA) is 78.3 Å². The summed E-state index contributed by atoms with van der Waals surface area (Å²) in [6, 6.07) is 3.68. The highest BCUT2D eigenvalue weighted by molar-refractivity contribution is 5.85. The van der Waals surface area contributed by atoms with Crippen molar-refractivity contribution in [2.24, 2.45) is 5.41 Å². The number of aromatic nitrogens is 3. The summed E-state index contributed by atoms with van der Waals surface area (Å²) in [6.07, 6.45) is 9.55. The van der Waals surface area contributed by atoms with E-state index in [4.69, 9.17) is 9.47 Å². The molecule has 1 aliphatic carbocycles. The van der Waals surface area contributed by atoms with Crippen LogP contribution in [-0.4, -0.2) is 45.8 Å². The Morgan fingerprint density at radius 3 is 3.04 bits per heavy atom. The second-order valence-electron chi connectivity index (χ2n) is 7.25. The average Bonchev–Trinajstić information content (AvgIpc) is 3.25. The minimum Gasteiger partial charge on any atom is -0.486 e. The average molecular weight is 356 g/mol. The van der Waals surface area contributed by atoms with Crippen molar-refractivity contribution in [1.82, 2.24) is 19.9 Å². The molecule has 2 aromatic rings. The van der Waals surface area contributed by atoms with Gasteiger partial charge in [-0.15, -0.1) is 0 Å². The van der Waals surface area contributed by atoms with Crippen LogP contribution >= 0.6 is 0 Å². The fourth-order valence-electron chi connectivity index (χ4n) is 3.35. The van der Waals surface area contributed by atoms with E-state index in [0.29, 0.717) is 19.8 Å². The van der Waals surface area contributed by atoms with Gasteiger partial charge in [0.2, 0.25) is 5.91 Å². The minimum atomic E-state index is -0.325. The van der Waals surface area contributed by atoms with Crippen LogP contribution < -0.4 is 10.1 Å². The number of pyridine rings is 1. The number of rotatable bonds is 6. The monoisotopic (exact) mass is 356 g/mol. The first-order chi connectivity index (χ1) is 12.6. The minimum absolute atomic E-state index is 0.0809. The summed E-state index contributed by atoms with van der Waals surface area (Å²) in [5, 5.41) is 3.17. The van der Waals surface area contributed by atoms with Crippen molar-refractivity contribution in [1.29, 1.82) is 0 Å². The third kappa shape index (κ3) is 3.72. The molecule has 1 saturated heterocycles. The summed E-state index contributed by atoms with van der Waals surface area (Å²) in [4.78, 5) is 21.2. The van der Waals surface area contributed by atoms with Gasteiger partial charge in [-0.05, 0) is 31.9 Å². The lowest BCUT2D eigenvalue weighted by molar-refractivity contribution is -0.130. The Kier molecular flexibility index (Phi) is 4.63. The Hall–Kier alpha value is -2.41. The molecule has 1 aliphatic heterocycles. The lowest BCUT2D eigenvalue weighted by atomic mass is 10.0. The van der Waals surface area contributed by atoms with E-state index < -0.39 is 0 Å². The maximum atomic E-state index is 12.9. The molecule has 4 rings (SSSR count). The maximum Gasteiger partial charge on any atom is 0.228 e. The number of nitrogens with one attached hydrogen (secondary N) is 1. The van der Waals surface area contributed by atoms with Crippen LogP contribution in [0.15, 0.2) is 37.1 Å². The Labute approximate surface area is 152 Å². The zero-order valence-corrected chi connectivity index (χ0v) is 14.9. The zero-order chi connectivity index (χ0) is 18.0. The summed E-state index contributed by atoms with van der Waals surface area (Å²) >= 11 is 0. The van der Waals surface area contributed by atoms with E-state index in [1.54, 1.807) is 18.7 Å². The largest absolute Gasteiger partial charge is 0.486 e. The predicted molar refractivity (Wildman–Crippen MR) is 94.7 cm³/mol. The first-order valence-corrected chi connectivity index (χ1v) is 9.08. The van der Waals surface area contributed by atoms with Gasteiger partial charge in [-0.1, -0.05) is 0 Å². The van der Waals surface area contributed by atoms with Crippen LogP contribution in [0.25, 0.3) is 0 Å². The quantitative estimate of drug-likeness (QED) is 0.853. The smallest absolute Gasteiger partial charge is 0.228 e. The molecular formula is C19H24N4O3. The second-order valence-corrected chi connectivity index (χ2v) is 7.25. The highest BCUT2D eigenvalue weighted by Gasteiger charge is 2.51. The van der Waals surface area contributed by atoms with E-state index in [-0.39, 0.29) is 23.5 Å². The number of hydrogen-bond donors (Lipinski definition) is 1. The van der Waals surface area contributed by atoms with E-state index >= 15 is 0 Å². The number of imidazole rings is 1. The number of hydrogen-bond acceptors (Lipinski definition) is 5. The van der Waals surface area contributed by atoms with Gasteiger partial charge in [-0.25, -0.2) is 4.98 Å². The molecule has 0 bridgehead atoms.